The molecule has 0 atom stereocenters. The molecule has 0 aliphatic rings. The third kappa shape index (κ3) is 2.23. The number of nitrogens with zero attached hydrogens (tertiary/aromatic N) is 3. The minimum atomic E-state index is -0.368. The lowest BCUT2D eigenvalue weighted by atomic mass is 10.2. The maximum Gasteiger partial charge on any atom is 0.277 e. The Labute approximate surface area is 142 Å². The smallest absolute Gasteiger partial charge is 0.277 e. The van der Waals surface area contributed by atoms with Gasteiger partial charge in [0, 0.05) is 28.5 Å². The van der Waals surface area contributed by atoms with E-state index in [4.69, 9.17) is 11.6 Å². The maximum absolute atomic E-state index is 12.6. The fourth-order valence-corrected chi connectivity index (χ4v) is 3.04. The minimum absolute atomic E-state index is 0.156. The number of nitrogens with one attached hydrogen (secondary N) is 2. The van der Waals surface area contributed by atoms with Crippen molar-refractivity contribution in [2.24, 2.45) is 0 Å². The summed E-state index contributed by atoms with van der Waals surface area (Å²) in [6, 6.07) is 9.61. The largest absolute Gasteiger partial charge is 0.359 e. The van der Waals surface area contributed by atoms with Gasteiger partial charge in [-0.05, 0) is 26.0 Å². The van der Waals surface area contributed by atoms with Crippen LogP contribution in [0, 0.1) is 13.8 Å². The van der Waals surface area contributed by atoms with Crippen LogP contribution in [0.2, 0.25) is 5.02 Å². The van der Waals surface area contributed by atoms with E-state index in [0.717, 1.165) is 22.3 Å². The van der Waals surface area contributed by atoms with Crippen LogP contribution in [0.15, 0.2) is 36.5 Å². The van der Waals surface area contributed by atoms with Gasteiger partial charge in [-0.3, -0.25) is 4.79 Å². The highest BCUT2D eigenvalue weighted by atomic mass is 35.5. The number of carbonyl (C=O) groups is 1. The van der Waals surface area contributed by atoms with Crippen LogP contribution in [0.25, 0.3) is 16.6 Å². The van der Waals surface area contributed by atoms with Crippen molar-refractivity contribution in [1.82, 2.24) is 19.6 Å². The molecule has 3 heterocycles. The molecule has 6 nitrogen and oxygen atoms in total. The Morgan fingerprint density at radius 2 is 2.08 bits per heavy atom. The van der Waals surface area contributed by atoms with Gasteiger partial charge in [0.1, 0.15) is 5.02 Å². The van der Waals surface area contributed by atoms with Gasteiger partial charge >= 0.3 is 0 Å². The second kappa shape index (κ2) is 5.35. The van der Waals surface area contributed by atoms with Gasteiger partial charge in [-0.1, -0.05) is 29.8 Å². The Bertz CT molecular complexity index is 1100. The summed E-state index contributed by atoms with van der Waals surface area (Å²) in [7, 11) is 0. The van der Waals surface area contributed by atoms with Crippen molar-refractivity contribution in [3.63, 3.8) is 0 Å². The van der Waals surface area contributed by atoms with E-state index in [9.17, 15) is 4.79 Å². The van der Waals surface area contributed by atoms with Gasteiger partial charge in [-0.15, -0.1) is 0 Å². The van der Waals surface area contributed by atoms with Crippen LogP contribution in [0.3, 0.4) is 0 Å². The highest BCUT2D eigenvalue weighted by molar-refractivity contribution is 6.37. The van der Waals surface area contributed by atoms with Gasteiger partial charge in [0.25, 0.3) is 5.91 Å². The zero-order chi connectivity index (χ0) is 16.8. The standard InChI is InChI=1S/C17H14ClN5O/c1-9-7-10(2)23-16(20-9)14(18)15(22-23)17(24)21-13-8-19-12-6-4-3-5-11(12)13/h3-8,19H,1-2H3,(H,21,24). The fraction of sp³-hybridized carbons (Fsp3) is 0.118. The molecule has 3 aromatic heterocycles. The fourth-order valence-electron chi connectivity index (χ4n) is 2.80. The number of aromatic nitrogens is 4. The molecule has 0 saturated heterocycles. The van der Waals surface area contributed by atoms with Gasteiger partial charge < -0.3 is 10.3 Å². The predicted octanol–water partition coefficient (Wildman–Crippen LogP) is 3.73. The molecule has 0 saturated carbocycles. The SMILES string of the molecule is Cc1cc(C)n2nc(C(=O)Nc3c[nH]c4ccccc34)c(Cl)c2n1. The Hall–Kier alpha value is -2.86. The molecular formula is C17H14ClN5O. The monoisotopic (exact) mass is 339 g/mol. The molecule has 2 N–H and O–H groups in total. The number of hydrogen-bond acceptors (Lipinski definition) is 3. The molecule has 0 radical (unpaired) electrons. The van der Waals surface area contributed by atoms with Crippen molar-refractivity contribution in [3.8, 4) is 0 Å². The first kappa shape index (κ1) is 14.7. The Balaban J connectivity index is 1.76. The van der Waals surface area contributed by atoms with E-state index in [-0.39, 0.29) is 16.6 Å². The molecule has 0 aliphatic carbocycles. The lowest BCUT2D eigenvalue weighted by molar-refractivity contribution is 0.102. The number of H-pyrrole nitrogens is 1. The first-order chi connectivity index (χ1) is 11.5. The predicted molar refractivity (Wildman–Crippen MR) is 93.7 cm³/mol. The Morgan fingerprint density at radius 3 is 2.92 bits per heavy atom. The zero-order valence-electron chi connectivity index (χ0n) is 13.1. The van der Waals surface area contributed by atoms with Crippen molar-refractivity contribution in [2.45, 2.75) is 13.8 Å². The van der Waals surface area contributed by atoms with Gasteiger partial charge in [0.15, 0.2) is 11.3 Å². The molecule has 0 unspecified atom stereocenters. The summed E-state index contributed by atoms with van der Waals surface area (Å²) in [6.07, 6.45) is 1.75. The zero-order valence-corrected chi connectivity index (χ0v) is 13.8. The number of halogens is 1. The van der Waals surface area contributed by atoms with E-state index < -0.39 is 0 Å². The number of para-hydroxylation sites is 1. The maximum atomic E-state index is 12.6. The van der Waals surface area contributed by atoms with E-state index >= 15 is 0 Å². The Morgan fingerprint density at radius 1 is 1.29 bits per heavy atom. The van der Waals surface area contributed by atoms with Crippen LogP contribution < -0.4 is 5.32 Å². The Kier molecular flexibility index (Phi) is 3.28. The van der Waals surface area contributed by atoms with Crippen LogP contribution in [0.1, 0.15) is 21.9 Å². The highest BCUT2D eigenvalue weighted by Gasteiger charge is 2.21. The average molecular weight is 340 g/mol. The number of aryl methyl sites for hydroxylation is 2. The molecular weight excluding hydrogens is 326 g/mol. The molecule has 24 heavy (non-hydrogen) atoms. The highest BCUT2D eigenvalue weighted by Crippen LogP contribution is 2.26. The third-order valence-electron chi connectivity index (χ3n) is 3.89. The van der Waals surface area contributed by atoms with Crippen molar-refractivity contribution in [2.75, 3.05) is 5.32 Å². The summed E-state index contributed by atoms with van der Waals surface area (Å²) in [5, 5.41) is 8.35. The lowest BCUT2D eigenvalue weighted by Gasteiger charge is -2.01. The minimum Gasteiger partial charge on any atom is -0.359 e. The summed E-state index contributed by atoms with van der Waals surface area (Å²) in [4.78, 5) is 20.1. The second-order valence-electron chi connectivity index (χ2n) is 5.64. The van der Waals surface area contributed by atoms with Crippen molar-refractivity contribution >= 4 is 39.7 Å². The van der Waals surface area contributed by atoms with E-state index in [1.54, 1.807) is 10.7 Å². The van der Waals surface area contributed by atoms with E-state index in [2.05, 4.69) is 20.4 Å². The summed E-state index contributed by atoms with van der Waals surface area (Å²) in [5.41, 5.74) is 3.96. The quantitative estimate of drug-likeness (QED) is 0.584. The molecule has 0 fully saturated rings. The average Bonchev–Trinajstić information content (AvgIpc) is 3.10. The molecule has 7 heteroatoms. The first-order valence-electron chi connectivity index (χ1n) is 7.44. The number of anilines is 1. The van der Waals surface area contributed by atoms with E-state index in [1.807, 2.05) is 44.2 Å². The lowest BCUT2D eigenvalue weighted by Crippen LogP contribution is -2.13. The summed E-state index contributed by atoms with van der Waals surface area (Å²) >= 11 is 6.34. The molecule has 1 amide bonds. The summed E-state index contributed by atoms with van der Waals surface area (Å²) in [5.74, 6) is -0.368. The van der Waals surface area contributed by atoms with Crippen LogP contribution >= 0.6 is 11.6 Å². The van der Waals surface area contributed by atoms with Crippen LogP contribution in [-0.4, -0.2) is 25.5 Å². The molecule has 4 rings (SSSR count). The second-order valence-corrected chi connectivity index (χ2v) is 6.02. The number of amides is 1. The number of hydrogen-bond donors (Lipinski definition) is 2. The normalized spacial score (nSPS) is 11.3. The summed E-state index contributed by atoms with van der Waals surface area (Å²) in [6.45, 7) is 3.77. The van der Waals surface area contributed by atoms with Crippen molar-refractivity contribution in [3.05, 3.63) is 58.6 Å². The van der Waals surface area contributed by atoms with Crippen molar-refractivity contribution < 1.29 is 4.79 Å². The first-order valence-corrected chi connectivity index (χ1v) is 7.82. The molecule has 4 aromatic rings. The number of fused-ring (bicyclic) bond motifs is 2. The van der Waals surface area contributed by atoms with Gasteiger partial charge in [-0.25, -0.2) is 9.50 Å². The van der Waals surface area contributed by atoms with Crippen LogP contribution in [-0.2, 0) is 0 Å². The third-order valence-corrected chi connectivity index (χ3v) is 4.24. The van der Waals surface area contributed by atoms with Crippen molar-refractivity contribution in [1.29, 1.82) is 0 Å². The number of carbonyl (C=O) groups excluding carboxylic acids is 1. The van der Waals surface area contributed by atoms with Gasteiger partial charge in [-0.2, -0.15) is 5.10 Å². The molecule has 0 spiro atoms. The molecule has 1 aromatic carbocycles. The van der Waals surface area contributed by atoms with Gasteiger partial charge in [0.2, 0.25) is 0 Å². The number of aromatic amines is 1. The van der Waals surface area contributed by atoms with Crippen LogP contribution in [0.4, 0.5) is 5.69 Å². The number of rotatable bonds is 2. The van der Waals surface area contributed by atoms with Crippen LogP contribution in [0.5, 0.6) is 0 Å². The number of benzene rings is 1. The molecule has 120 valence electrons. The van der Waals surface area contributed by atoms with E-state index in [1.165, 1.54) is 0 Å². The van der Waals surface area contributed by atoms with E-state index in [0.29, 0.717) is 11.3 Å². The van der Waals surface area contributed by atoms with Gasteiger partial charge in [0.05, 0.1) is 5.69 Å². The summed E-state index contributed by atoms with van der Waals surface area (Å²) < 4.78 is 1.58. The topological polar surface area (TPSA) is 75.1 Å². The molecule has 0 aliphatic heterocycles. The molecule has 0 bridgehead atoms.